The number of alkyl halides is 1. The third kappa shape index (κ3) is 1.09. The summed E-state index contributed by atoms with van der Waals surface area (Å²) in [5, 5.41) is 0. The lowest BCUT2D eigenvalue weighted by molar-refractivity contribution is -0.142. The minimum atomic E-state index is -3.53. The molecular weight excluding hydrogens is 180 g/mol. The third-order valence-electron chi connectivity index (χ3n) is 1.19. The van der Waals surface area contributed by atoms with E-state index < -0.39 is 29.6 Å². The Kier molecular flexibility index (Phi) is 1.91. The fraction of sp³-hybridized carbons (Fsp3) is 0.167. The number of aldehydes is 1. The Morgan fingerprint density at radius 2 is 2.00 bits per heavy atom. The normalized spacial score (nSPS) is 29.5. The van der Waals surface area contributed by atoms with E-state index in [-0.39, 0.29) is 6.26 Å². The first-order valence-corrected chi connectivity index (χ1v) is 2.76. The highest BCUT2D eigenvalue weighted by Crippen LogP contribution is 2.34. The van der Waals surface area contributed by atoms with Crippen molar-refractivity contribution < 1.29 is 27.1 Å². The molecule has 1 aliphatic rings. The van der Waals surface area contributed by atoms with Crippen molar-refractivity contribution in [3.05, 3.63) is 23.7 Å². The molecule has 0 spiro atoms. The van der Waals surface area contributed by atoms with Gasteiger partial charge in [0.05, 0.1) is 0 Å². The van der Waals surface area contributed by atoms with Crippen molar-refractivity contribution in [3.8, 4) is 0 Å². The molecule has 0 saturated heterocycles. The molecule has 0 bridgehead atoms. The van der Waals surface area contributed by atoms with Gasteiger partial charge in [0.25, 0.3) is 0 Å². The number of carbonyl (C=O) groups excluding carboxylic acids is 1. The second-order valence-electron chi connectivity index (χ2n) is 1.97. The van der Waals surface area contributed by atoms with Gasteiger partial charge in [-0.2, -0.15) is 4.39 Å². The molecule has 6 heteroatoms. The highest BCUT2D eigenvalue weighted by molar-refractivity contribution is 5.66. The van der Waals surface area contributed by atoms with Gasteiger partial charge in [-0.25, -0.2) is 13.2 Å². The Hall–Kier alpha value is -1.33. The molecule has 1 aliphatic heterocycles. The largest absolute Gasteiger partial charge is 0.451 e. The number of carbonyl (C=O) groups is 1. The second kappa shape index (κ2) is 2.62. The van der Waals surface area contributed by atoms with E-state index in [2.05, 4.69) is 4.74 Å². The van der Waals surface area contributed by atoms with Crippen LogP contribution in [0.5, 0.6) is 0 Å². The molecule has 0 amide bonds. The van der Waals surface area contributed by atoms with Crippen LogP contribution in [0.4, 0.5) is 17.6 Å². The molecule has 12 heavy (non-hydrogen) atoms. The van der Waals surface area contributed by atoms with Crippen molar-refractivity contribution >= 4 is 6.29 Å². The Labute approximate surface area is 64.1 Å². The predicted molar refractivity (Wildman–Crippen MR) is 29.4 cm³/mol. The summed E-state index contributed by atoms with van der Waals surface area (Å²) >= 11 is 0. The van der Waals surface area contributed by atoms with Crippen LogP contribution in [-0.4, -0.2) is 12.1 Å². The zero-order valence-corrected chi connectivity index (χ0v) is 5.48. The second-order valence-corrected chi connectivity index (χ2v) is 1.97. The van der Waals surface area contributed by atoms with E-state index in [1.54, 1.807) is 0 Å². The SMILES string of the molecule is O=CC1(F)OC=C(F)C(F)=C1F. The quantitative estimate of drug-likeness (QED) is 0.456. The highest BCUT2D eigenvalue weighted by Gasteiger charge is 2.43. The number of hydrogen-bond acceptors (Lipinski definition) is 2. The summed E-state index contributed by atoms with van der Waals surface area (Å²) in [5.74, 6) is -9.49. The number of hydrogen-bond donors (Lipinski definition) is 0. The zero-order chi connectivity index (χ0) is 9.35. The van der Waals surface area contributed by atoms with Gasteiger partial charge in [-0.15, -0.1) is 0 Å². The van der Waals surface area contributed by atoms with Gasteiger partial charge in [0.1, 0.15) is 6.26 Å². The van der Waals surface area contributed by atoms with Crippen LogP contribution in [0.15, 0.2) is 23.7 Å². The van der Waals surface area contributed by atoms with E-state index in [0.717, 1.165) is 0 Å². The number of halogens is 4. The molecule has 66 valence electrons. The molecule has 0 aromatic rings. The Morgan fingerprint density at radius 1 is 1.42 bits per heavy atom. The molecule has 1 unspecified atom stereocenters. The first-order chi connectivity index (χ1) is 5.51. The first kappa shape index (κ1) is 8.76. The van der Waals surface area contributed by atoms with Gasteiger partial charge in [0.15, 0.2) is 5.83 Å². The molecule has 0 radical (unpaired) electrons. The molecule has 1 rings (SSSR count). The lowest BCUT2D eigenvalue weighted by atomic mass is 10.2. The van der Waals surface area contributed by atoms with E-state index in [0.29, 0.717) is 0 Å². The summed E-state index contributed by atoms with van der Waals surface area (Å²) in [7, 11) is 0. The maximum atomic E-state index is 12.6. The Bertz CT molecular complexity index is 283. The number of allylic oxidation sites excluding steroid dienone is 2. The van der Waals surface area contributed by atoms with Gasteiger partial charge < -0.3 is 4.74 Å². The molecule has 0 N–H and O–H groups in total. The number of rotatable bonds is 1. The summed E-state index contributed by atoms with van der Waals surface area (Å²) in [6.45, 7) is 0. The standard InChI is InChI=1S/C6H2F4O2/c7-3-1-12-6(10,2-11)5(9)4(3)8/h1-2H. The van der Waals surface area contributed by atoms with Crippen LogP contribution >= 0.6 is 0 Å². The average Bonchev–Trinajstić information content (AvgIpc) is 2.09. The van der Waals surface area contributed by atoms with Crippen molar-refractivity contribution in [2.24, 2.45) is 0 Å². The molecule has 0 aromatic heterocycles. The van der Waals surface area contributed by atoms with Gasteiger partial charge in [-0.05, 0) is 0 Å². The van der Waals surface area contributed by atoms with Crippen LogP contribution < -0.4 is 0 Å². The minimum Gasteiger partial charge on any atom is -0.451 e. The number of ether oxygens (including phenoxy) is 1. The predicted octanol–water partition coefficient (Wildman–Crippen LogP) is 1.84. The summed E-state index contributed by atoms with van der Waals surface area (Å²) in [6, 6.07) is 0. The monoisotopic (exact) mass is 182 g/mol. The third-order valence-corrected chi connectivity index (χ3v) is 1.19. The van der Waals surface area contributed by atoms with Gasteiger partial charge in [-0.1, -0.05) is 0 Å². The lowest BCUT2D eigenvalue weighted by Crippen LogP contribution is -2.30. The molecule has 0 aliphatic carbocycles. The highest BCUT2D eigenvalue weighted by atomic mass is 19.2. The smallest absolute Gasteiger partial charge is 0.359 e. The van der Waals surface area contributed by atoms with Crippen molar-refractivity contribution in [1.82, 2.24) is 0 Å². The van der Waals surface area contributed by atoms with Gasteiger partial charge in [-0.3, -0.25) is 4.79 Å². The maximum Gasteiger partial charge on any atom is 0.359 e. The molecule has 0 saturated carbocycles. The molecule has 1 atom stereocenters. The summed E-state index contributed by atoms with van der Waals surface area (Å²) in [4.78, 5) is 9.85. The topological polar surface area (TPSA) is 26.3 Å². The van der Waals surface area contributed by atoms with Crippen LogP contribution in [0, 0.1) is 0 Å². The minimum absolute atomic E-state index is 0.00713. The zero-order valence-electron chi connectivity index (χ0n) is 5.48. The van der Waals surface area contributed by atoms with Gasteiger partial charge in [0, 0.05) is 0 Å². The van der Waals surface area contributed by atoms with E-state index >= 15 is 0 Å². The van der Waals surface area contributed by atoms with Crippen LogP contribution in [0.2, 0.25) is 0 Å². The lowest BCUT2D eigenvalue weighted by Gasteiger charge is -2.19. The summed E-state index contributed by atoms with van der Waals surface area (Å²) in [6.07, 6.45) is -0.613. The van der Waals surface area contributed by atoms with Crippen molar-refractivity contribution in [2.75, 3.05) is 0 Å². The fourth-order valence-corrected chi connectivity index (χ4v) is 0.575. The maximum absolute atomic E-state index is 12.6. The van der Waals surface area contributed by atoms with E-state index in [1.807, 2.05) is 0 Å². The molecule has 1 heterocycles. The van der Waals surface area contributed by atoms with Crippen molar-refractivity contribution in [3.63, 3.8) is 0 Å². The fourth-order valence-electron chi connectivity index (χ4n) is 0.575. The van der Waals surface area contributed by atoms with Crippen LogP contribution in [0.3, 0.4) is 0 Å². The van der Waals surface area contributed by atoms with Crippen LogP contribution in [-0.2, 0) is 9.53 Å². The summed E-state index contributed by atoms with van der Waals surface area (Å²) in [5.41, 5.74) is 0. The van der Waals surface area contributed by atoms with E-state index in [9.17, 15) is 22.4 Å². The average molecular weight is 182 g/mol. The molecule has 0 fully saturated rings. The van der Waals surface area contributed by atoms with Gasteiger partial charge >= 0.3 is 5.85 Å². The first-order valence-electron chi connectivity index (χ1n) is 2.76. The molecule has 2 nitrogen and oxygen atoms in total. The Morgan fingerprint density at radius 3 is 2.50 bits per heavy atom. The van der Waals surface area contributed by atoms with Crippen LogP contribution in [0.25, 0.3) is 0 Å². The molecule has 0 aromatic carbocycles. The Balaban J connectivity index is 3.14. The van der Waals surface area contributed by atoms with Crippen molar-refractivity contribution in [2.45, 2.75) is 5.85 Å². The van der Waals surface area contributed by atoms with E-state index in [1.165, 1.54) is 0 Å². The van der Waals surface area contributed by atoms with Crippen molar-refractivity contribution in [1.29, 1.82) is 0 Å². The van der Waals surface area contributed by atoms with Gasteiger partial charge in [0.2, 0.25) is 17.9 Å². The van der Waals surface area contributed by atoms with E-state index in [4.69, 9.17) is 0 Å². The van der Waals surface area contributed by atoms with Crippen LogP contribution in [0.1, 0.15) is 0 Å². The summed E-state index contributed by atoms with van der Waals surface area (Å²) < 4.78 is 53.0. The molecular formula is C6H2F4O2.